The minimum atomic E-state index is -2.94. The molecule has 1 aromatic rings. The van der Waals surface area contributed by atoms with Crippen LogP contribution in [0, 0.1) is 11.8 Å². The third-order valence-corrected chi connectivity index (χ3v) is 13.3. The Bertz CT molecular complexity index is 2050. The number of Topliss-reactive ketones (excluding diaryl/α,β-unsaturated/α-hetero) is 2. The number of hydrogen-bond donors (Lipinski definition) is 14. The number of carbonyl (C=O) groups excluding carboxylic acids is 3. The fourth-order valence-corrected chi connectivity index (χ4v) is 10.1. The highest BCUT2D eigenvalue weighted by molar-refractivity contribution is 6.25. The molecule has 0 aromatic heterocycles. The van der Waals surface area contributed by atoms with Crippen LogP contribution in [0.5, 0.6) is 5.75 Å². The van der Waals surface area contributed by atoms with Crippen LogP contribution in [0.3, 0.4) is 0 Å². The first-order valence-corrected chi connectivity index (χ1v) is 21.0. The highest BCUT2D eigenvalue weighted by Crippen LogP contribution is 2.55. The standard InChI is InChI=1S/C22H22N2O8.C20H41N5O7/c1-7-8-5-4-6-9(25)11(8)16(26)12-10(7)17(27)14-15(24(2)3)18(28)13(21(23)31)20(30)22(14,32)19(12)29;1-20(28)8-29-19(14(27)17(20)25-3)32-16-12(23)6-11(22)15(13(16)26)31-18-10(21)5-4-9(30-18)7-24-2/h4-6,10,14-15,17,25-27,30,32H,1H2,2-3H3,(H2,23,31);9-19,24-28H,4-8,21-23H2,1-3H3/t10-,14-,15+,17+,22+;9-,10+,11-,12+,13-,14+,15+,16-,17+,18+,19+,20-/m10/s1. The van der Waals surface area contributed by atoms with Crippen molar-refractivity contribution in [1.82, 2.24) is 15.5 Å². The molecule has 2 saturated heterocycles. The van der Waals surface area contributed by atoms with Gasteiger partial charge in [-0.25, -0.2) is 0 Å². The Morgan fingerprint density at radius 2 is 1.58 bits per heavy atom. The van der Waals surface area contributed by atoms with Gasteiger partial charge in [0.05, 0.1) is 54.0 Å². The van der Waals surface area contributed by atoms with Crippen molar-refractivity contribution in [2.24, 2.45) is 34.8 Å². The van der Waals surface area contributed by atoms with E-state index in [4.69, 9.17) is 41.9 Å². The van der Waals surface area contributed by atoms with Crippen LogP contribution in [-0.2, 0) is 33.3 Å². The average molecular weight is 906 g/mol. The molecule has 4 aliphatic carbocycles. The maximum absolute atomic E-state index is 13.6. The third-order valence-electron chi connectivity index (χ3n) is 13.3. The summed E-state index contributed by atoms with van der Waals surface area (Å²) in [6.07, 6.45) is -5.81. The number of likely N-dealkylation sites (N-methyl/N-ethyl adjacent to an activating group) is 3. The molecule has 0 spiro atoms. The Morgan fingerprint density at radius 3 is 2.16 bits per heavy atom. The lowest BCUT2D eigenvalue weighted by molar-refractivity contribution is -0.306. The smallest absolute Gasteiger partial charge is 0.255 e. The number of nitrogens with zero attached hydrogens (tertiary/aromatic N) is 1. The van der Waals surface area contributed by atoms with Gasteiger partial charge < -0.3 is 93.4 Å². The molecule has 7 rings (SSSR count). The number of ketones is 2. The zero-order chi connectivity index (χ0) is 47.5. The molecule has 4 fully saturated rings. The van der Waals surface area contributed by atoms with Crippen LogP contribution in [0.2, 0.25) is 0 Å². The summed E-state index contributed by atoms with van der Waals surface area (Å²) in [5.74, 6) is -8.78. The molecular formula is C42H63N7O15. The molecule has 2 heterocycles. The topological polar surface area (TPSA) is 381 Å². The second-order valence-electron chi connectivity index (χ2n) is 17.9. The molecule has 64 heavy (non-hydrogen) atoms. The quantitative estimate of drug-likeness (QED) is 0.104. The van der Waals surface area contributed by atoms with Crippen LogP contribution >= 0.6 is 0 Å². The number of fused-ring (bicyclic) bond motifs is 3. The normalized spacial score (nSPS) is 41.2. The van der Waals surface area contributed by atoms with E-state index in [1.165, 1.54) is 37.2 Å². The van der Waals surface area contributed by atoms with E-state index in [1.807, 2.05) is 7.05 Å². The van der Waals surface area contributed by atoms with Gasteiger partial charge in [0.25, 0.3) is 5.91 Å². The minimum absolute atomic E-state index is 0.0480. The molecule has 2 aliphatic heterocycles. The van der Waals surface area contributed by atoms with Crippen molar-refractivity contribution >= 4 is 28.8 Å². The van der Waals surface area contributed by atoms with Crippen molar-refractivity contribution in [3.8, 4) is 5.75 Å². The Hall–Kier alpha value is -3.95. The Balaban J connectivity index is 0.000000213. The lowest BCUT2D eigenvalue weighted by atomic mass is 9.55. The predicted molar refractivity (Wildman–Crippen MR) is 226 cm³/mol. The Morgan fingerprint density at radius 1 is 0.953 bits per heavy atom. The van der Waals surface area contributed by atoms with Gasteiger partial charge in [0.1, 0.15) is 52.9 Å². The van der Waals surface area contributed by atoms with Crippen LogP contribution in [0.15, 0.2) is 41.7 Å². The summed E-state index contributed by atoms with van der Waals surface area (Å²) >= 11 is 0. The van der Waals surface area contributed by atoms with E-state index in [0.717, 1.165) is 12.8 Å². The minimum Gasteiger partial charge on any atom is -0.508 e. The van der Waals surface area contributed by atoms with Gasteiger partial charge >= 0.3 is 0 Å². The SMILES string of the molecule is C=C1c2cccc(O)c2C(O)=C2C(=O)[C@]3(O)C(O)=C(C(N)=O)C(=O)[C@@H](N(C)C)[C@@H]3[C@@H](O)[C@H]12.CNC[C@@H]1CC[C@@H](N)[C@@H](O[C@H]2[C@H](O)[C@@H](O[C@H]3OC[C@](C)(O)[C@H](NC)[C@H]3O)[C@H](N)C[C@@H]2N)O1. The number of aliphatic hydroxyl groups excluding tert-OH is 5. The van der Waals surface area contributed by atoms with Crippen molar-refractivity contribution in [2.75, 3.05) is 41.3 Å². The molecule has 17 atom stereocenters. The molecule has 18 N–H and O–H groups in total. The molecule has 0 unspecified atom stereocenters. The van der Waals surface area contributed by atoms with Gasteiger partial charge in [-0.05, 0) is 71.6 Å². The van der Waals surface area contributed by atoms with E-state index in [1.54, 1.807) is 14.0 Å². The van der Waals surface area contributed by atoms with Crippen LogP contribution in [-0.4, -0.2) is 195 Å². The van der Waals surface area contributed by atoms with Crippen molar-refractivity contribution in [1.29, 1.82) is 0 Å². The highest BCUT2D eigenvalue weighted by Gasteiger charge is 2.68. The number of amides is 1. The highest BCUT2D eigenvalue weighted by atomic mass is 16.7. The van der Waals surface area contributed by atoms with Gasteiger partial charge in [0.15, 0.2) is 24.0 Å². The number of benzene rings is 1. The van der Waals surface area contributed by atoms with Gasteiger partial charge in [0.2, 0.25) is 5.78 Å². The summed E-state index contributed by atoms with van der Waals surface area (Å²) in [6, 6.07) is 0.692. The number of primary amides is 1. The number of aliphatic hydroxyl groups is 7. The van der Waals surface area contributed by atoms with E-state index in [-0.39, 0.29) is 41.2 Å². The fraction of sp³-hybridized carbons (Fsp3) is 0.643. The molecule has 0 bridgehead atoms. The van der Waals surface area contributed by atoms with Gasteiger partial charge in [0, 0.05) is 24.5 Å². The van der Waals surface area contributed by atoms with Gasteiger partial charge in [-0.2, -0.15) is 0 Å². The zero-order valence-corrected chi connectivity index (χ0v) is 36.3. The molecule has 1 aromatic carbocycles. The van der Waals surface area contributed by atoms with Gasteiger partial charge in [-0.1, -0.05) is 18.7 Å². The summed E-state index contributed by atoms with van der Waals surface area (Å²) in [5, 5.41) is 92.8. The van der Waals surface area contributed by atoms with Crippen LogP contribution in [0.4, 0.5) is 0 Å². The molecular weight excluding hydrogens is 842 g/mol. The number of phenols is 1. The largest absolute Gasteiger partial charge is 0.508 e. The third kappa shape index (κ3) is 8.39. The zero-order valence-electron chi connectivity index (χ0n) is 36.3. The van der Waals surface area contributed by atoms with E-state index >= 15 is 0 Å². The van der Waals surface area contributed by atoms with E-state index in [0.29, 0.717) is 13.0 Å². The maximum atomic E-state index is 13.6. The first kappa shape index (κ1) is 49.5. The predicted octanol–water partition coefficient (Wildman–Crippen LogP) is -4.31. The molecule has 22 heteroatoms. The Kier molecular flexibility index (Phi) is 14.5. The second kappa shape index (κ2) is 18.7. The summed E-state index contributed by atoms with van der Waals surface area (Å²) in [6.45, 7) is 6.08. The number of ether oxygens (including phenoxy) is 4. The van der Waals surface area contributed by atoms with Crippen LogP contribution in [0.25, 0.3) is 11.3 Å². The van der Waals surface area contributed by atoms with E-state index < -0.39 is 130 Å². The second-order valence-corrected chi connectivity index (χ2v) is 17.9. The van der Waals surface area contributed by atoms with Crippen molar-refractivity contribution < 1.29 is 74.2 Å². The lowest BCUT2D eigenvalue weighted by Gasteiger charge is -2.52. The van der Waals surface area contributed by atoms with Crippen molar-refractivity contribution in [3.63, 3.8) is 0 Å². The molecule has 1 amide bonds. The van der Waals surface area contributed by atoms with Crippen LogP contribution < -0.4 is 33.6 Å². The number of aromatic hydroxyl groups is 1. The number of hydrogen-bond acceptors (Lipinski definition) is 21. The molecule has 0 radical (unpaired) electrons. The van der Waals surface area contributed by atoms with E-state index in [2.05, 4.69) is 17.2 Å². The number of nitrogens with one attached hydrogen (secondary N) is 2. The molecule has 356 valence electrons. The maximum Gasteiger partial charge on any atom is 0.255 e. The summed E-state index contributed by atoms with van der Waals surface area (Å²) < 4.78 is 23.5. The average Bonchev–Trinajstić information content (AvgIpc) is 3.21. The number of nitrogens with two attached hydrogens (primary N) is 4. The van der Waals surface area contributed by atoms with Crippen molar-refractivity contribution in [2.45, 2.75) is 117 Å². The van der Waals surface area contributed by atoms with Crippen molar-refractivity contribution in [3.05, 3.63) is 52.8 Å². The van der Waals surface area contributed by atoms with Gasteiger partial charge in [-0.15, -0.1) is 0 Å². The summed E-state index contributed by atoms with van der Waals surface area (Å²) in [4.78, 5) is 39.8. The van der Waals surface area contributed by atoms with E-state index in [9.17, 15) is 55.2 Å². The summed E-state index contributed by atoms with van der Waals surface area (Å²) in [7, 11) is 6.35. The first-order chi connectivity index (χ1) is 30.0. The van der Waals surface area contributed by atoms with Gasteiger partial charge in [-0.3, -0.25) is 19.3 Å². The molecule has 2 saturated carbocycles. The summed E-state index contributed by atoms with van der Waals surface area (Å²) in [5.41, 5.74) is 18.6. The number of carbonyl (C=O) groups is 3. The monoisotopic (exact) mass is 905 g/mol. The number of phenolic OH excluding ortho intramolecular Hbond substituents is 1. The Labute approximate surface area is 369 Å². The number of rotatable bonds is 9. The molecule has 22 nitrogen and oxygen atoms in total. The first-order valence-electron chi connectivity index (χ1n) is 21.0. The fourth-order valence-electron chi connectivity index (χ4n) is 10.1. The molecule has 6 aliphatic rings. The lowest BCUT2D eigenvalue weighted by Crippen LogP contribution is -2.70. The van der Waals surface area contributed by atoms with Crippen LogP contribution in [0.1, 0.15) is 37.3 Å².